The maximum Gasteiger partial charge on any atom is 0.239 e. The van der Waals surface area contributed by atoms with E-state index in [-0.39, 0.29) is 18.1 Å². The maximum atomic E-state index is 13.4. The van der Waals surface area contributed by atoms with Crippen LogP contribution in [0.1, 0.15) is 63.5 Å². The number of anilines is 3. The van der Waals surface area contributed by atoms with E-state index in [1.165, 1.54) is 0 Å². The third-order valence-electron chi connectivity index (χ3n) is 6.73. The van der Waals surface area contributed by atoms with Crippen molar-refractivity contribution in [3.05, 3.63) is 35.5 Å². The molecule has 3 aliphatic rings. The number of aromatic nitrogens is 2. The largest absolute Gasteiger partial charge is 0.393 e. The maximum absolute atomic E-state index is 13.4. The van der Waals surface area contributed by atoms with Gasteiger partial charge in [0.2, 0.25) is 11.9 Å². The molecule has 2 atom stereocenters. The first-order valence-corrected chi connectivity index (χ1v) is 12.4. The summed E-state index contributed by atoms with van der Waals surface area (Å²) in [4.78, 5) is 25.8. The van der Waals surface area contributed by atoms with E-state index >= 15 is 0 Å². The minimum Gasteiger partial charge on any atom is -0.393 e. The fraction of sp³-hybridized carbons (Fsp3) is 0.542. The number of rotatable bonds is 6. The summed E-state index contributed by atoms with van der Waals surface area (Å²) in [6, 6.07) is 6.66. The highest BCUT2D eigenvalue weighted by Crippen LogP contribution is 2.57. The van der Waals surface area contributed by atoms with Gasteiger partial charge in [-0.3, -0.25) is 14.4 Å². The van der Waals surface area contributed by atoms with Crippen molar-refractivity contribution in [2.75, 3.05) is 10.2 Å². The summed E-state index contributed by atoms with van der Waals surface area (Å²) >= 11 is 1.62. The minimum atomic E-state index is -0.422. The van der Waals surface area contributed by atoms with E-state index in [2.05, 4.69) is 47.9 Å². The summed E-state index contributed by atoms with van der Waals surface area (Å²) < 4.78 is 3.36. The van der Waals surface area contributed by atoms with E-state index in [1.807, 2.05) is 17.2 Å². The Morgan fingerprint density at radius 2 is 2.09 bits per heavy atom. The van der Waals surface area contributed by atoms with Gasteiger partial charge in [-0.2, -0.15) is 4.98 Å². The molecule has 1 amide bonds. The van der Waals surface area contributed by atoms with E-state index in [0.717, 1.165) is 59.6 Å². The zero-order valence-electron chi connectivity index (χ0n) is 18.9. The van der Waals surface area contributed by atoms with Crippen molar-refractivity contribution in [3.8, 4) is 0 Å². The van der Waals surface area contributed by atoms with Crippen LogP contribution in [0.3, 0.4) is 0 Å². The molecule has 8 heteroatoms. The lowest BCUT2D eigenvalue weighted by molar-refractivity contribution is -0.121. The molecule has 1 aromatic carbocycles. The van der Waals surface area contributed by atoms with Gasteiger partial charge in [0, 0.05) is 34.4 Å². The molecule has 2 aliphatic carbocycles. The SMILES string of the molecule is Cc1cc(SNC(C)C)ccc1Nc1ncc2c(n1)N(C1CCCC(O)C1)C(=O)C21CC1. The van der Waals surface area contributed by atoms with Gasteiger partial charge >= 0.3 is 0 Å². The van der Waals surface area contributed by atoms with E-state index in [9.17, 15) is 9.90 Å². The molecular formula is C24H31N5O2S. The highest BCUT2D eigenvalue weighted by Gasteiger charge is 2.61. The Labute approximate surface area is 193 Å². The van der Waals surface area contributed by atoms with Crippen LogP contribution < -0.4 is 14.9 Å². The number of hydrogen-bond donors (Lipinski definition) is 3. The Bertz CT molecular complexity index is 1040. The first-order valence-electron chi connectivity index (χ1n) is 11.6. The Hall–Kier alpha value is -2.16. The molecule has 2 aromatic rings. The number of amides is 1. The van der Waals surface area contributed by atoms with Crippen LogP contribution in [0, 0.1) is 6.92 Å². The van der Waals surface area contributed by atoms with E-state index in [4.69, 9.17) is 4.98 Å². The van der Waals surface area contributed by atoms with Crippen molar-refractivity contribution in [1.82, 2.24) is 14.7 Å². The van der Waals surface area contributed by atoms with Crippen molar-refractivity contribution < 1.29 is 9.90 Å². The molecule has 32 heavy (non-hydrogen) atoms. The van der Waals surface area contributed by atoms with Crippen LogP contribution in [0.25, 0.3) is 0 Å². The normalized spacial score (nSPS) is 23.7. The van der Waals surface area contributed by atoms with Gasteiger partial charge in [0.05, 0.1) is 11.5 Å². The molecule has 0 saturated heterocycles. The predicted octanol–water partition coefficient (Wildman–Crippen LogP) is 4.22. The monoisotopic (exact) mass is 453 g/mol. The molecule has 0 radical (unpaired) electrons. The van der Waals surface area contributed by atoms with Crippen LogP contribution >= 0.6 is 11.9 Å². The van der Waals surface area contributed by atoms with Crippen molar-refractivity contribution >= 4 is 35.3 Å². The van der Waals surface area contributed by atoms with E-state index in [1.54, 1.807) is 11.9 Å². The number of benzene rings is 1. The summed E-state index contributed by atoms with van der Waals surface area (Å²) in [6.07, 6.45) is 6.50. The third-order valence-corrected chi connectivity index (χ3v) is 7.81. The predicted molar refractivity (Wildman–Crippen MR) is 127 cm³/mol. The first-order chi connectivity index (χ1) is 15.4. The zero-order chi connectivity index (χ0) is 22.5. The molecule has 1 aliphatic heterocycles. The van der Waals surface area contributed by atoms with E-state index < -0.39 is 5.41 Å². The minimum absolute atomic E-state index is 0.0132. The molecule has 1 aromatic heterocycles. The summed E-state index contributed by atoms with van der Waals surface area (Å²) in [5, 5.41) is 13.6. The average Bonchev–Trinajstić information content (AvgIpc) is 3.52. The molecule has 2 unspecified atom stereocenters. The molecule has 2 fully saturated rings. The Morgan fingerprint density at radius 3 is 2.78 bits per heavy atom. The van der Waals surface area contributed by atoms with E-state index in [0.29, 0.717) is 18.4 Å². The molecule has 2 saturated carbocycles. The average molecular weight is 454 g/mol. The molecule has 1 spiro atoms. The van der Waals surface area contributed by atoms with Gasteiger partial charge in [0.1, 0.15) is 5.82 Å². The quantitative estimate of drug-likeness (QED) is 0.564. The number of fused-ring (bicyclic) bond motifs is 2. The number of nitrogens with zero attached hydrogens (tertiary/aromatic N) is 3. The van der Waals surface area contributed by atoms with Crippen LogP contribution in [0.2, 0.25) is 0 Å². The Balaban J connectivity index is 1.40. The van der Waals surface area contributed by atoms with Gasteiger partial charge < -0.3 is 10.4 Å². The third kappa shape index (κ3) is 3.89. The number of hydrogen-bond acceptors (Lipinski definition) is 7. The van der Waals surface area contributed by atoms with Crippen molar-refractivity contribution in [3.63, 3.8) is 0 Å². The summed E-state index contributed by atoms with van der Waals surface area (Å²) in [6.45, 7) is 6.30. The summed E-state index contributed by atoms with van der Waals surface area (Å²) in [7, 11) is 0. The van der Waals surface area contributed by atoms with Gasteiger partial charge in [0.25, 0.3) is 0 Å². The number of nitrogens with one attached hydrogen (secondary N) is 2. The van der Waals surface area contributed by atoms with Gasteiger partial charge in [-0.1, -0.05) is 0 Å². The number of aryl methyl sites for hydroxylation is 1. The van der Waals surface area contributed by atoms with Crippen LogP contribution in [0.5, 0.6) is 0 Å². The zero-order valence-corrected chi connectivity index (χ0v) is 19.7. The second-order valence-electron chi connectivity index (χ2n) is 9.64. The topological polar surface area (TPSA) is 90.4 Å². The van der Waals surface area contributed by atoms with Crippen molar-refractivity contribution in [1.29, 1.82) is 0 Å². The Kier molecular flexibility index (Phi) is 5.63. The fourth-order valence-electron chi connectivity index (χ4n) is 4.86. The molecule has 7 nitrogen and oxygen atoms in total. The molecule has 3 N–H and O–H groups in total. The van der Waals surface area contributed by atoms with Gasteiger partial charge in [-0.25, -0.2) is 4.98 Å². The lowest BCUT2D eigenvalue weighted by Gasteiger charge is -2.33. The number of carbonyl (C=O) groups is 1. The lowest BCUT2D eigenvalue weighted by atomic mass is 9.92. The molecule has 2 heterocycles. The molecule has 5 rings (SSSR count). The van der Waals surface area contributed by atoms with Crippen molar-refractivity contribution in [2.45, 2.75) is 87.8 Å². The molecular weight excluding hydrogens is 422 g/mol. The molecule has 170 valence electrons. The molecule has 0 bridgehead atoms. The summed E-state index contributed by atoms with van der Waals surface area (Å²) in [5.41, 5.74) is 2.58. The highest BCUT2D eigenvalue weighted by atomic mass is 32.2. The fourth-order valence-corrected chi connectivity index (χ4v) is 5.61. The van der Waals surface area contributed by atoms with Crippen molar-refractivity contribution in [2.24, 2.45) is 0 Å². The van der Waals surface area contributed by atoms with Gasteiger partial charge in [0.15, 0.2) is 0 Å². The second-order valence-corrected chi connectivity index (χ2v) is 10.5. The highest BCUT2D eigenvalue weighted by molar-refractivity contribution is 7.97. The summed E-state index contributed by atoms with van der Waals surface area (Å²) in [5.74, 6) is 1.38. The van der Waals surface area contributed by atoms with Crippen LogP contribution in [-0.4, -0.2) is 39.2 Å². The number of aliphatic hydroxyl groups excluding tert-OH is 1. The van der Waals surface area contributed by atoms with Crippen LogP contribution in [0.15, 0.2) is 29.3 Å². The number of carbonyl (C=O) groups excluding carboxylic acids is 1. The number of aliphatic hydroxyl groups is 1. The smallest absolute Gasteiger partial charge is 0.239 e. The Morgan fingerprint density at radius 1 is 1.28 bits per heavy atom. The lowest BCUT2D eigenvalue weighted by Crippen LogP contribution is -2.44. The van der Waals surface area contributed by atoms with Crippen LogP contribution in [-0.2, 0) is 10.2 Å². The van der Waals surface area contributed by atoms with Gasteiger partial charge in [-0.15, -0.1) is 0 Å². The van der Waals surface area contributed by atoms with Crippen LogP contribution in [0.4, 0.5) is 17.5 Å². The second kappa shape index (κ2) is 8.32. The standard InChI is InChI=1S/C24H31N5O2S/c1-14(2)28-32-18-7-8-20(15(3)11-18)26-23-25-13-19-21(27-23)29(22(31)24(19)9-10-24)16-5-4-6-17(30)12-16/h7-8,11,13-14,16-17,28,30H,4-6,9-10,12H2,1-3H3,(H,25,26,27). The first kappa shape index (κ1) is 21.7. The van der Waals surface area contributed by atoms with Gasteiger partial charge in [-0.05, 0) is 95.0 Å².